The lowest BCUT2D eigenvalue weighted by Crippen LogP contribution is -1.98. The lowest BCUT2D eigenvalue weighted by Gasteiger charge is -2.03. The number of aliphatic hydroxyl groups excluding tert-OH is 1. The van der Waals surface area contributed by atoms with Gasteiger partial charge in [0.25, 0.3) is 0 Å². The molecule has 0 fully saturated rings. The Morgan fingerprint density at radius 2 is 2.11 bits per heavy atom. The van der Waals surface area contributed by atoms with Crippen LogP contribution in [0.5, 0.6) is 0 Å². The monoisotopic (exact) mass is 258 g/mol. The molecule has 0 aliphatic carbocycles. The lowest BCUT2D eigenvalue weighted by atomic mass is 10.1. The predicted molar refractivity (Wildman–Crippen MR) is 74.7 cm³/mol. The van der Waals surface area contributed by atoms with Crippen LogP contribution in [0.25, 0.3) is 6.08 Å². The first-order valence-electron chi connectivity index (χ1n) is 6.28. The number of ether oxygens (including phenoxy) is 1. The van der Waals surface area contributed by atoms with Gasteiger partial charge in [-0.3, -0.25) is 0 Å². The van der Waals surface area contributed by atoms with Crippen LogP contribution in [-0.4, -0.2) is 34.5 Å². The highest BCUT2D eigenvalue weighted by molar-refractivity contribution is 5.49. The van der Waals surface area contributed by atoms with Crippen LogP contribution in [0.1, 0.15) is 11.1 Å². The molecule has 2 rings (SSSR count). The molecular formula is C15H18N2O2. The molecule has 100 valence electrons. The highest BCUT2D eigenvalue weighted by Gasteiger charge is 1.94. The third kappa shape index (κ3) is 4.69. The highest BCUT2D eigenvalue weighted by atomic mass is 16.5. The second-order valence-electron chi connectivity index (χ2n) is 4.18. The molecule has 0 radical (unpaired) electrons. The lowest BCUT2D eigenvalue weighted by molar-refractivity contribution is 0.112. The fourth-order valence-corrected chi connectivity index (χ4v) is 1.73. The van der Waals surface area contributed by atoms with Crippen molar-refractivity contribution in [1.29, 1.82) is 0 Å². The molecule has 4 heteroatoms. The third-order valence-electron chi connectivity index (χ3n) is 2.66. The van der Waals surface area contributed by atoms with Crippen molar-refractivity contribution in [2.24, 2.45) is 0 Å². The number of hydrogen-bond donors (Lipinski definition) is 1. The van der Waals surface area contributed by atoms with Crippen LogP contribution in [0.2, 0.25) is 0 Å². The van der Waals surface area contributed by atoms with Gasteiger partial charge in [0.05, 0.1) is 26.1 Å². The molecule has 1 aromatic heterocycles. The quantitative estimate of drug-likeness (QED) is 0.772. The van der Waals surface area contributed by atoms with E-state index in [4.69, 9.17) is 9.84 Å². The topological polar surface area (TPSA) is 47.3 Å². The summed E-state index contributed by atoms with van der Waals surface area (Å²) >= 11 is 0. The molecule has 0 atom stereocenters. The summed E-state index contributed by atoms with van der Waals surface area (Å²) in [6, 6.07) is 8.37. The van der Waals surface area contributed by atoms with Crippen LogP contribution in [0.3, 0.4) is 0 Å². The van der Waals surface area contributed by atoms with Gasteiger partial charge in [-0.1, -0.05) is 36.4 Å². The Morgan fingerprint density at radius 3 is 2.79 bits per heavy atom. The number of benzene rings is 1. The van der Waals surface area contributed by atoms with Crippen LogP contribution in [0, 0.1) is 0 Å². The van der Waals surface area contributed by atoms with E-state index in [0.717, 1.165) is 12.1 Å². The van der Waals surface area contributed by atoms with E-state index in [9.17, 15) is 0 Å². The molecule has 0 saturated carbocycles. The molecule has 0 saturated heterocycles. The molecule has 0 aliphatic heterocycles. The second kappa shape index (κ2) is 7.51. The van der Waals surface area contributed by atoms with Gasteiger partial charge in [0.2, 0.25) is 0 Å². The largest absolute Gasteiger partial charge is 0.394 e. The van der Waals surface area contributed by atoms with Gasteiger partial charge in [-0.15, -0.1) is 0 Å². The Kier molecular flexibility index (Phi) is 5.34. The molecule has 0 unspecified atom stereocenters. The van der Waals surface area contributed by atoms with Crippen molar-refractivity contribution in [3.05, 3.63) is 60.2 Å². The Bertz CT molecular complexity index is 489. The predicted octanol–water partition coefficient (Wildman–Crippen LogP) is 1.95. The van der Waals surface area contributed by atoms with Crippen LogP contribution in [-0.2, 0) is 11.3 Å². The first kappa shape index (κ1) is 13.5. The highest BCUT2D eigenvalue weighted by Crippen LogP contribution is 2.07. The second-order valence-corrected chi connectivity index (χ2v) is 4.18. The van der Waals surface area contributed by atoms with Crippen LogP contribution < -0.4 is 0 Å². The van der Waals surface area contributed by atoms with Gasteiger partial charge in [0, 0.05) is 18.9 Å². The molecule has 2 aromatic rings. The summed E-state index contributed by atoms with van der Waals surface area (Å²) in [4.78, 5) is 4.02. The van der Waals surface area contributed by atoms with Gasteiger partial charge in [-0.25, -0.2) is 4.98 Å². The minimum absolute atomic E-state index is 0.0663. The summed E-state index contributed by atoms with van der Waals surface area (Å²) < 4.78 is 7.19. The van der Waals surface area contributed by atoms with Crippen molar-refractivity contribution in [2.45, 2.75) is 6.54 Å². The Hall–Kier alpha value is -1.91. The zero-order valence-electron chi connectivity index (χ0n) is 10.8. The average molecular weight is 258 g/mol. The van der Waals surface area contributed by atoms with Crippen LogP contribution in [0.4, 0.5) is 0 Å². The normalized spacial score (nSPS) is 11.2. The third-order valence-corrected chi connectivity index (χ3v) is 2.66. The first-order chi connectivity index (χ1) is 9.38. The summed E-state index contributed by atoms with van der Waals surface area (Å²) in [5.41, 5.74) is 2.38. The van der Waals surface area contributed by atoms with E-state index < -0.39 is 0 Å². The molecule has 1 heterocycles. The van der Waals surface area contributed by atoms with Crippen LogP contribution in [0.15, 0.2) is 49.1 Å². The van der Waals surface area contributed by atoms with Crippen molar-refractivity contribution >= 4 is 6.08 Å². The summed E-state index contributed by atoms with van der Waals surface area (Å²) in [5, 5.41) is 8.56. The van der Waals surface area contributed by atoms with Crippen molar-refractivity contribution in [2.75, 3.05) is 19.8 Å². The number of aromatic nitrogens is 2. The fraction of sp³-hybridized carbons (Fsp3) is 0.267. The van der Waals surface area contributed by atoms with E-state index in [1.165, 1.54) is 5.56 Å². The number of nitrogens with zero attached hydrogens (tertiary/aromatic N) is 2. The molecule has 1 aromatic carbocycles. The van der Waals surface area contributed by atoms with Crippen molar-refractivity contribution in [3.8, 4) is 0 Å². The SMILES string of the molecule is OCCOCC=Cc1ccc(Cn2ccnc2)cc1. The van der Waals surface area contributed by atoms with E-state index >= 15 is 0 Å². The Morgan fingerprint density at radius 1 is 1.26 bits per heavy atom. The van der Waals surface area contributed by atoms with E-state index in [1.54, 1.807) is 6.20 Å². The molecule has 1 N–H and O–H groups in total. The van der Waals surface area contributed by atoms with Crippen molar-refractivity contribution in [1.82, 2.24) is 9.55 Å². The van der Waals surface area contributed by atoms with Crippen molar-refractivity contribution in [3.63, 3.8) is 0 Å². The molecule has 0 amide bonds. The summed E-state index contributed by atoms with van der Waals surface area (Å²) in [6.45, 7) is 1.81. The molecule has 4 nitrogen and oxygen atoms in total. The minimum Gasteiger partial charge on any atom is -0.394 e. The van der Waals surface area contributed by atoms with E-state index in [0.29, 0.717) is 13.2 Å². The molecular weight excluding hydrogens is 240 g/mol. The van der Waals surface area contributed by atoms with Gasteiger partial charge < -0.3 is 14.4 Å². The van der Waals surface area contributed by atoms with Crippen molar-refractivity contribution < 1.29 is 9.84 Å². The number of hydrogen-bond acceptors (Lipinski definition) is 3. The number of aliphatic hydroxyl groups is 1. The van der Waals surface area contributed by atoms with Gasteiger partial charge in [-0.2, -0.15) is 0 Å². The number of rotatable bonds is 7. The Labute approximate surface area is 113 Å². The summed E-state index contributed by atoms with van der Waals surface area (Å²) in [5.74, 6) is 0. The van der Waals surface area contributed by atoms with Gasteiger partial charge in [0.15, 0.2) is 0 Å². The van der Waals surface area contributed by atoms with Gasteiger partial charge >= 0.3 is 0 Å². The maximum absolute atomic E-state index is 8.56. The molecule has 19 heavy (non-hydrogen) atoms. The number of imidazole rings is 1. The van der Waals surface area contributed by atoms with E-state index in [1.807, 2.05) is 29.2 Å². The smallest absolute Gasteiger partial charge is 0.0949 e. The molecule has 0 bridgehead atoms. The zero-order chi connectivity index (χ0) is 13.3. The van der Waals surface area contributed by atoms with Gasteiger partial charge in [-0.05, 0) is 11.1 Å². The summed E-state index contributed by atoms with van der Waals surface area (Å²) in [6.07, 6.45) is 9.50. The first-order valence-corrected chi connectivity index (χ1v) is 6.28. The Balaban J connectivity index is 1.84. The van der Waals surface area contributed by atoms with Crippen LogP contribution >= 0.6 is 0 Å². The summed E-state index contributed by atoms with van der Waals surface area (Å²) in [7, 11) is 0. The maximum Gasteiger partial charge on any atom is 0.0949 e. The fourth-order valence-electron chi connectivity index (χ4n) is 1.73. The average Bonchev–Trinajstić information content (AvgIpc) is 2.93. The van der Waals surface area contributed by atoms with E-state index in [2.05, 4.69) is 29.2 Å². The molecule has 0 spiro atoms. The zero-order valence-corrected chi connectivity index (χ0v) is 10.8. The van der Waals surface area contributed by atoms with Gasteiger partial charge in [0.1, 0.15) is 0 Å². The maximum atomic E-state index is 8.56. The molecule has 0 aliphatic rings. The van der Waals surface area contributed by atoms with E-state index in [-0.39, 0.29) is 6.61 Å². The minimum atomic E-state index is 0.0663. The standard InChI is InChI=1S/C15H18N2O2/c18-9-11-19-10-1-2-14-3-5-15(6-4-14)12-17-8-7-16-13-17/h1-8,13,18H,9-12H2.